The summed E-state index contributed by atoms with van der Waals surface area (Å²) in [5, 5.41) is 3.42. The highest BCUT2D eigenvalue weighted by Gasteiger charge is 2.14. The van der Waals surface area contributed by atoms with Crippen molar-refractivity contribution in [3.05, 3.63) is 48.8 Å². The third-order valence-electron chi connectivity index (χ3n) is 3.41. The molecule has 4 nitrogen and oxygen atoms in total. The second kappa shape index (κ2) is 6.39. The molecule has 2 heterocycles. The van der Waals surface area contributed by atoms with E-state index in [1.807, 2.05) is 42.6 Å². The summed E-state index contributed by atoms with van der Waals surface area (Å²) in [5.41, 5.74) is 1.12. The third-order valence-corrected chi connectivity index (χ3v) is 3.41. The number of hydrogen-bond acceptors (Lipinski definition) is 4. The van der Waals surface area contributed by atoms with Gasteiger partial charge in [0.25, 0.3) is 0 Å². The molecule has 4 heteroatoms. The van der Waals surface area contributed by atoms with Gasteiger partial charge >= 0.3 is 0 Å². The second-order valence-electron chi connectivity index (χ2n) is 4.85. The Hall–Kier alpha value is -2.07. The minimum absolute atomic E-state index is 0.820. The van der Waals surface area contributed by atoms with Gasteiger partial charge in [-0.05, 0) is 31.2 Å². The molecule has 104 valence electrons. The highest BCUT2D eigenvalue weighted by atomic mass is 16.5. The molecule has 1 N–H and O–H groups in total. The first kappa shape index (κ1) is 12.9. The van der Waals surface area contributed by atoms with Crippen LogP contribution in [0.2, 0.25) is 0 Å². The monoisotopic (exact) mass is 269 g/mol. The summed E-state index contributed by atoms with van der Waals surface area (Å²) in [6.07, 6.45) is 4.76. The Morgan fingerprint density at radius 3 is 2.85 bits per heavy atom. The van der Waals surface area contributed by atoms with Gasteiger partial charge in [-0.25, -0.2) is 0 Å². The third kappa shape index (κ3) is 3.08. The van der Waals surface area contributed by atoms with E-state index in [0.717, 1.165) is 49.8 Å². The number of anilines is 1. The van der Waals surface area contributed by atoms with Crippen LogP contribution in [-0.4, -0.2) is 31.2 Å². The Morgan fingerprint density at radius 1 is 1.05 bits per heavy atom. The van der Waals surface area contributed by atoms with Gasteiger partial charge in [-0.15, -0.1) is 0 Å². The fourth-order valence-corrected chi connectivity index (χ4v) is 2.41. The molecule has 0 aliphatic carbocycles. The van der Waals surface area contributed by atoms with Gasteiger partial charge in [0.2, 0.25) is 0 Å². The quantitative estimate of drug-likeness (QED) is 0.929. The maximum absolute atomic E-state index is 5.98. The number of rotatable bonds is 3. The number of ether oxygens (including phenoxy) is 1. The summed E-state index contributed by atoms with van der Waals surface area (Å²) in [5.74, 6) is 1.66. The van der Waals surface area contributed by atoms with E-state index in [1.54, 1.807) is 6.20 Å². The maximum atomic E-state index is 5.98. The van der Waals surface area contributed by atoms with Crippen molar-refractivity contribution in [1.29, 1.82) is 0 Å². The summed E-state index contributed by atoms with van der Waals surface area (Å²) in [4.78, 5) is 6.55. The first-order valence-electron chi connectivity index (χ1n) is 7.06. The zero-order valence-corrected chi connectivity index (χ0v) is 11.5. The molecule has 0 atom stereocenters. The first-order chi connectivity index (χ1) is 9.93. The van der Waals surface area contributed by atoms with E-state index in [1.165, 1.54) is 0 Å². The van der Waals surface area contributed by atoms with Crippen molar-refractivity contribution < 1.29 is 4.74 Å². The van der Waals surface area contributed by atoms with Gasteiger partial charge in [0.1, 0.15) is 5.75 Å². The van der Waals surface area contributed by atoms with Crippen molar-refractivity contribution in [1.82, 2.24) is 10.3 Å². The van der Waals surface area contributed by atoms with Crippen molar-refractivity contribution in [2.75, 3.05) is 31.1 Å². The van der Waals surface area contributed by atoms with Gasteiger partial charge in [0, 0.05) is 25.8 Å². The van der Waals surface area contributed by atoms with Crippen LogP contribution in [-0.2, 0) is 0 Å². The molecule has 1 aromatic heterocycles. The highest BCUT2D eigenvalue weighted by Crippen LogP contribution is 2.31. The molecule has 1 fully saturated rings. The molecule has 0 spiro atoms. The highest BCUT2D eigenvalue weighted by molar-refractivity contribution is 5.58. The fourth-order valence-electron chi connectivity index (χ4n) is 2.41. The van der Waals surface area contributed by atoms with Crippen LogP contribution in [0.3, 0.4) is 0 Å². The molecule has 0 unspecified atom stereocenters. The molecule has 0 saturated carbocycles. The van der Waals surface area contributed by atoms with Crippen LogP contribution in [0.4, 0.5) is 5.69 Å². The molecule has 0 amide bonds. The van der Waals surface area contributed by atoms with E-state index in [4.69, 9.17) is 4.74 Å². The fraction of sp³-hybridized carbons (Fsp3) is 0.312. The molecule has 2 aromatic rings. The van der Waals surface area contributed by atoms with Crippen LogP contribution in [0.15, 0.2) is 48.8 Å². The van der Waals surface area contributed by atoms with E-state index in [-0.39, 0.29) is 0 Å². The lowest BCUT2D eigenvalue weighted by Crippen LogP contribution is -2.28. The minimum Gasteiger partial charge on any atom is -0.454 e. The Labute approximate surface area is 119 Å². The lowest BCUT2D eigenvalue weighted by Gasteiger charge is -2.24. The SMILES string of the molecule is c1ccc(Oc2cnccc2N2CCCNCC2)cc1. The van der Waals surface area contributed by atoms with Gasteiger partial charge in [0.05, 0.1) is 11.9 Å². The van der Waals surface area contributed by atoms with Crippen molar-refractivity contribution in [2.45, 2.75) is 6.42 Å². The topological polar surface area (TPSA) is 37.4 Å². The standard InChI is InChI=1S/C16H19N3O/c1-2-5-14(6-3-1)20-16-13-18-9-7-15(16)19-11-4-8-17-10-12-19/h1-3,5-7,9,13,17H,4,8,10-12H2. The molecule has 0 bridgehead atoms. The van der Waals surface area contributed by atoms with Crippen molar-refractivity contribution in [3.8, 4) is 11.5 Å². The molecular formula is C16H19N3O. The first-order valence-corrected chi connectivity index (χ1v) is 7.06. The second-order valence-corrected chi connectivity index (χ2v) is 4.85. The van der Waals surface area contributed by atoms with Gasteiger partial charge in [-0.2, -0.15) is 0 Å². The molecule has 3 rings (SSSR count). The number of pyridine rings is 1. The van der Waals surface area contributed by atoms with Crippen molar-refractivity contribution in [3.63, 3.8) is 0 Å². The average Bonchev–Trinajstić information content (AvgIpc) is 2.78. The van der Waals surface area contributed by atoms with Gasteiger partial charge in [-0.1, -0.05) is 18.2 Å². The number of hydrogen-bond donors (Lipinski definition) is 1. The molecule has 20 heavy (non-hydrogen) atoms. The zero-order chi connectivity index (χ0) is 13.6. The van der Waals surface area contributed by atoms with Gasteiger partial charge in [-0.3, -0.25) is 4.98 Å². The van der Waals surface area contributed by atoms with E-state index in [0.29, 0.717) is 0 Å². The zero-order valence-electron chi connectivity index (χ0n) is 11.5. The molecule has 1 saturated heterocycles. The van der Waals surface area contributed by atoms with E-state index >= 15 is 0 Å². The van der Waals surface area contributed by atoms with Gasteiger partial charge < -0.3 is 15.0 Å². The smallest absolute Gasteiger partial charge is 0.168 e. The lowest BCUT2D eigenvalue weighted by atomic mass is 10.3. The Balaban J connectivity index is 1.84. The van der Waals surface area contributed by atoms with Crippen LogP contribution in [0.25, 0.3) is 0 Å². The van der Waals surface area contributed by atoms with Crippen LogP contribution < -0.4 is 15.0 Å². The summed E-state index contributed by atoms with van der Waals surface area (Å²) in [6, 6.07) is 11.9. The Bertz CT molecular complexity index is 536. The maximum Gasteiger partial charge on any atom is 0.168 e. The Morgan fingerprint density at radius 2 is 1.95 bits per heavy atom. The summed E-state index contributed by atoms with van der Waals surface area (Å²) in [6.45, 7) is 4.13. The predicted octanol–water partition coefficient (Wildman–Crippen LogP) is 2.67. The molecular weight excluding hydrogens is 250 g/mol. The molecule has 1 aliphatic heterocycles. The summed E-state index contributed by atoms with van der Waals surface area (Å²) >= 11 is 0. The molecule has 0 radical (unpaired) electrons. The van der Waals surface area contributed by atoms with E-state index < -0.39 is 0 Å². The lowest BCUT2D eigenvalue weighted by molar-refractivity contribution is 0.479. The average molecular weight is 269 g/mol. The number of benzene rings is 1. The van der Waals surface area contributed by atoms with Crippen LogP contribution in [0.5, 0.6) is 11.5 Å². The number of nitrogens with one attached hydrogen (secondary N) is 1. The summed E-state index contributed by atoms with van der Waals surface area (Å²) in [7, 11) is 0. The van der Waals surface area contributed by atoms with E-state index in [2.05, 4.69) is 15.2 Å². The Kier molecular flexibility index (Phi) is 4.13. The normalized spacial score (nSPS) is 15.7. The minimum atomic E-state index is 0.820. The molecule has 1 aliphatic rings. The predicted molar refractivity (Wildman–Crippen MR) is 80.5 cm³/mol. The summed E-state index contributed by atoms with van der Waals surface area (Å²) < 4.78 is 5.98. The van der Waals surface area contributed by atoms with Gasteiger partial charge in [0.15, 0.2) is 5.75 Å². The molecule has 1 aromatic carbocycles. The number of para-hydroxylation sites is 1. The number of nitrogens with zero attached hydrogens (tertiary/aromatic N) is 2. The largest absolute Gasteiger partial charge is 0.454 e. The van der Waals surface area contributed by atoms with Crippen LogP contribution in [0.1, 0.15) is 6.42 Å². The van der Waals surface area contributed by atoms with E-state index in [9.17, 15) is 0 Å². The van der Waals surface area contributed by atoms with Crippen LogP contribution in [0, 0.1) is 0 Å². The number of aromatic nitrogens is 1. The van der Waals surface area contributed by atoms with Crippen molar-refractivity contribution >= 4 is 5.69 Å². The van der Waals surface area contributed by atoms with Crippen molar-refractivity contribution in [2.24, 2.45) is 0 Å². The van der Waals surface area contributed by atoms with Crippen LogP contribution >= 0.6 is 0 Å².